The van der Waals surface area contributed by atoms with E-state index in [0.717, 1.165) is 17.1 Å². The number of nitrogens with zero attached hydrogens (tertiary/aromatic N) is 2. The van der Waals surface area contributed by atoms with E-state index in [-0.39, 0.29) is 43.9 Å². The second-order valence-electron chi connectivity index (χ2n) is 11.3. The molecule has 0 aromatic heterocycles. The molecule has 44 heavy (non-hydrogen) atoms. The molecule has 3 amide bonds. The zero-order valence-corrected chi connectivity index (χ0v) is 24.9. The molecule has 3 N–H and O–H groups in total. The summed E-state index contributed by atoms with van der Waals surface area (Å²) in [7, 11) is 2.00. The third-order valence-corrected chi connectivity index (χ3v) is 7.95. The summed E-state index contributed by atoms with van der Waals surface area (Å²) in [5.41, 5.74) is 2.23. The first kappa shape index (κ1) is 29.4. The summed E-state index contributed by atoms with van der Waals surface area (Å²) < 4.78 is 28.4. The number of hydrogen-bond acceptors (Lipinski definition) is 9. The number of likely N-dealkylation sites (N-methyl/N-ethyl adjacent to an activating group) is 1. The molecule has 0 aliphatic carbocycles. The molecule has 232 valence electrons. The van der Waals surface area contributed by atoms with Crippen molar-refractivity contribution in [1.82, 2.24) is 9.80 Å². The molecule has 0 radical (unpaired) electrons. The Bertz CT molecular complexity index is 1550. The molecule has 0 fully saturated rings. The van der Waals surface area contributed by atoms with Gasteiger partial charge in [-0.05, 0) is 55.9 Å². The Kier molecular flexibility index (Phi) is 8.36. The van der Waals surface area contributed by atoms with Gasteiger partial charge in [0.15, 0.2) is 28.7 Å². The molecule has 0 bridgehead atoms. The molecule has 0 spiro atoms. The number of nitrogens with one attached hydrogen (secondary N) is 2. The molecule has 0 unspecified atom stereocenters. The molecule has 3 atom stereocenters. The van der Waals surface area contributed by atoms with Crippen molar-refractivity contribution in [3.63, 3.8) is 0 Å². The molecule has 3 aliphatic heterocycles. The van der Waals surface area contributed by atoms with Gasteiger partial charge in [-0.2, -0.15) is 0 Å². The van der Waals surface area contributed by atoms with Gasteiger partial charge in [-0.15, -0.1) is 0 Å². The van der Waals surface area contributed by atoms with Gasteiger partial charge < -0.3 is 44.3 Å². The van der Waals surface area contributed by atoms with Crippen LogP contribution in [-0.2, 0) is 6.54 Å². The molecule has 12 heteroatoms. The maximum atomic E-state index is 13.8. The lowest BCUT2D eigenvalue weighted by Crippen LogP contribution is -2.49. The van der Waals surface area contributed by atoms with Gasteiger partial charge in [0.05, 0.1) is 23.9 Å². The number of carbonyl (C=O) groups is 2. The van der Waals surface area contributed by atoms with Crippen molar-refractivity contribution >= 4 is 23.3 Å². The summed E-state index contributed by atoms with van der Waals surface area (Å²) in [5, 5.41) is 15.6. The second kappa shape index (κ2) is 12.5. The van der Waals surface area contributed by atoms with Crippen LogP contribution in [0.25, 0.3) is 0 Å². The van der Waals surface area contributed by atoms with E-state index in [2.05, 4.69) is 15.5 Å². The molecule has 0 saturated carbocycles. The van der Waals surface area contributed by atoms with Gasteiger partial charge in [0.25, 0.3) is 5.91 Å². The van der Waals surface area contributed by atoms with Crippen LogP contribution in [0.1, 0.15) is 29.8 Å². The third kappa shape index (κ3) is 6.17. The van der Waals surface area contributed by atoms with E-state index in [1.807, 2.05) is 39.1 Å². The largest absolute Gasteiger partial charge is 0.486 e. The van der Waals surface area contributed by atoms with Crippen LogP contribution < -0.4 is 34.3 Å². The minimum atomic E-state index is -0.513. The fraction of sp³-hybridized carbons (Fsp3) is 0.375. The van der Waals surface area contributed by atoms with Crippen molar-refractivity contribution in [1.29, 1.82) is 0 Å². The quantitative estimate of drug-likeness (QED) is 0.347. The topological polar surface area (TPSA) is 131 Å². The summed E-state index contributed by atoms with van der Waals surface area (Å²) in [6.07, 6.45) is -0.353. The highest BCUT2D eigenvalue weighted by Crippen LogP contribution is 2.37. The minimum absolute atomic E-state index is 0.101. The van der Waals surface area contributed by atoms with Crippen molar-refractivity contribution < 1.29 is 38.4 Å². The Morgan fingerprint density at radius 3 is 2.45 bits per heavy atom. The zero-order chi connectivity index (χ0) is 30.8. The van der Waals surface area contributed by atoms with Crippen molar-refractivity contribution in [2.75, 3.05) is 51.0 Å². The van der Waals surface area contributed by atoms with E-state index in [9.17, 15) is 14.7 Å². The summed E-state index contributed by atoms with van der Waals surface area (Å²) in [6, 6.07) is 15.2. The SMILES string of the molecule is C[C@H]1CN([C@@H](C)CO)C(=O)c2cccc(NC(=O)Nc3ccc4c(c3)OCO4)c2O[C@H]1CN(C)Cc1ccc2c(c1)OCO2. The number of aliphatic hydroxyl groups excluding tert-OH is 1. The first-order valence-electron chi connectivity index (χ1n) is 14.5. The molecule has 6 rings (SSSR count). The third-order valence-electron chi connectivity index (χ3n) is 7.95. The Labute approximate surface area is 255 Å². The first-order valence-corrected chi connectivity index (χ1v) is 14.5. The molecule has 3 aromatic rings. The van der Waals surface area contributed by atoms with Crippen LogP contribution in [0.5, 0.6) is 28.7 Å². The predicted molar refractivity (Wildman–Crippen MR) is 162 cm³/mol. The normalized spacial score (nSPS) is 19.1. The predicted octanol–water partition coefficient (Wildman–Crippen LogP) is 4.14. The number of para-hydroxylation sites is 1. The summed E-state index contributed by atoms with van der Waals surface area (Å²) in [4.78, 5) is 30.7. The monoisotopic (exact) mass is 604 g/mol. The maximum Gasteiger partial charge on any atom is 0.323 e. The van der Waals surface area contributed by atoms with Crippen molar-refractivity contribution in [3.8, 4) is 28.7 Å². The molecule has 3 heterocycles. The molecule has 12 nitrogen and oxygen atoms in total. The smallest absolute Gasteiger partial charge is 0.323 e. The van der Waals surface area contributed by atoms with Crippen LogP contribution >= 0.6 is 0 Å². The van der Waals surface area contributed by atoms with Crippen LogP contribution in [0.4, 0.5) is 16.2 Å². The summed E-state index contributed by atoms with van der Waals surface area (Å²) in [5.74, 6) is 2.51. The Morgan fingerprint density at radius 1 is 1.00 bits per heavy atom. The number of fused-ring (bicyclic) bond motifs is 3. The number of aliphatic hydroxyl groups is 1. The lowest BCUT2D eigenvalue weighted by Gasteiger charge is -2.38. The average molecular weight is 605 g/mol. The van der Waals surface area contributed by atoms with E-state index in [1.54, 1.807) is 41.3 Å². The zero-order valence-electron chi connectivity index (χ0n) is 24.9. The van der Waals surface area contributed by atoms with E-state index < -0.39 is 12.1 Å². The van der Waals surface area contributed by atoms with Crippen LogP contribution in [0.3, 0.4) is 0 Å². The van der Waals surface area contributed by atoms with Crippen LogP contribution in [0.2, 0.25) is 0 Å². The second-order valence-corrected chi connectivity index (χ2v) is 11.3. The number of rotatable bonds is 8. The summed E-state index contributed by atoms with van der Waals surface area (Å²) in [6.45, 7) is 5.55. The number of anilines is 2. The van der Waals surface area contributed by atoms with Gasteiger partial charge in [-0.1, -0.05) is 19.1 Å². The Morgan fingerprint density at radius 2 is 1.70 bits per heavy atom. The molecular formula is C32H36N4O8. The minimum Gasteiger partial charge on any atom is -0.486 e. The molecular weight excluding hydrogens is 568 g/mol. The highest BCUT2D eigenvalue weighted by molar-refractivity contribution is 6.04. The van der Waals surface area contributed by atoms with Gasteiger partial charge in [-0.3, -0.25) is 9.69 Å². The average Bonchev–Trinajstić information content (AvgIpc) is 3.68. The fourth-order valence-electron chi connectivity index (χ4n) is 5.54. The van der Waals surface area contributed by atoms with Crippen LogP contribution in [0, 0.1) is 5.92 Å². The van der Waals surface area contributed by atoms with Gasteiger partial charge in [0, 0.05) is 37.3 Å². The van der Waals surface area contributed by atoms with Gasteiger partial charge in [-0.25, -0.2) is 4.79 Å². The van der Waals surface area contributed by atoms with Crippen LogP contribution in [0.15, 0.2) is 54.6 Å². The molecule has 3 aliphatic rings. The van der Waals surface area contributed by atoms with Crippen molar-refractivity contribution in [2.24, 2.45) is 5.92 Å². The van der Waals surface area contributed by atoms with E-state index in [4.69, 9.17) is 23.7 Å². The maximum absolute atomic E-state index is 13.8. The Balaban J connectivity index is 1.24. The van der Waals surface area contributed by atoms with Gasteiger partial charge in [0.1, 0.15) is 6.10 Å². The highest BCUT2D eigenvalue weighted by Gasteiger charge is 2.34. The number of ether oxygens (including phenoxy) is 5. The fourth-order valence-corrected chi connectivity index (χ4v) is 5.54. The van der Waals surface area contributed by atoms with E-state index in [1.165, 1.54) is 0 Å². The number of amides is 3. The highest BCUT2D eigenvalue weighted by atomic mass is 16.7. The molecule has 3 aromatic carbocycles. The van der Waals surface area contributed by atoms with Gasteiger partial charge in [0.2, 0.25) is 13.6 Å². The first-order chi connectivity index (χ1) is 21.3. The van der Waals surface area contributed by atoms with Crippen molar-refractivity contribution in [2.45, 2.75) is 32.5 Å². The number of urea groups is 1. The van der Waals surface area contributed by atoms with Crippen LogP contribution in [-0.4, -0.2) is 79.3 Å². The number of hydrogen-bond donors (Lipinski definition) is 3. The number of benzene rings is 3. The van der Waals surface area contributed by atoms with E-state index >= 15 is 0 Å². The summed E-state index contributed by atoms with van der Waals surface area (Å²) >= 11 is 0. The lowest BCUT2D eigenvalue weighted by atomic mass is 9.99. The standard InChI is InChI=1S/C32H36N4O8/c1-19-13-36(20(2)16-37)31(38)23-5-4-6-24(34-32(39)33-22-8-10-26-28(12-22)43-18-41-26)30(23)44-29(19)15-35(3)14-21-7-9-25-27(11-21)42-17-40-25/h4-12,19-20,29,37H,13-18H2,1-3H3,(H2,33,34,39)/t19-,20-,29-/m0/s1. The van der Waals surface area contributed by atoms with Crippen molar-refractivity contribution in [3.05, 3.63) is 65.7 Å². The van der Waals surface area contributed by atoms with E-state index in [0.29, 0.717) is 48.1 Å². The lowest BCUT2D eigenvalue weighted by molar-refractivity contribution is 0.0343. The molecule has 0 saturated heterocycles. The number of carbonyl (C=O) groups excluding carboxylic acids is 2. The van der Waals surface area contributed by atoms with Gasteiger partial charge >= 0.3 is 6.03 Å². The Hall–Kier alpha value is -4.68.